The van der Waals surface area contributed by atoms with E-state index in [9.17, 15) is 9.59 Å². The van der Waals surface area contributed by atoms with Crippen LogP contribution in [0.1, 0.15) is 13.8 Å². The van der Waals surface area contributed by atoms with Crippen molar-refractivity contribution in [1.82, 2.24) is 5.32 Å². The molecule has 2 amide bonds. The van der Waals surface area contributed by atoms with Crippen molar-refractivity contribution in [2.75, 3.05) is 11.9 Å². The largest absolute Gasteiger partial charge is 0.481 e. The number of hydrogen-bond donors (Lipinski definition) is 3. The fourth-order valence-corrected chi connectivity index (χ4v) is 1.66. The van der Waals surface area contributed by atoms with Crippen molar-refractivity contribution >= 4 is 40.3 Å². The summed E-state index contributed by atoms with van der Waals surface area (Å²) in [6.45, 7) is 3.18. The summed E-state index contributed by atoms with van der Waals surface area (Å²) < 4.78 is 1.01. The number of carboxylic acid groups (broad SMARTS) is 1. The van der Waals surface area contributed by atoms with Crippen molar-refractivity contribution in [3.8, 4) is 0 Å². The number of rotatable bonds is 4. The second-order valence-electron chi connectivity index (χ2n) is 4.51. The number of halogens is 1. The number of nitrogens with one attached hydrogen (secondary N) is 2. The van der Waals surface area contributed by atoms with Gasteiger partial charge in [-0.15, -0.1) is 0 Å². The van der Waals surface area contributed by atoms with E-state index in [-0.39, 0.29) is 6.54 Å². The van der Waals surface area contributed by atoms with Crippen LogP contribution in [0.3, 0.4) is 0 Å². The van der Waals surface area contributed by atoms with Crippen molar-refractivity contribution in [2.24, 2.45) is 5.41 Å². The lowest BCUT2D eigenvalue weighted by Crippen LogP contribution is -2.40. The van der Waals surface area contributed by atoms with Crippen LogP contribution >= 0.6 is 22.6 Å². The van der Waals surface area contributed by atoms with Gasteiger partial charge in [-0.05, 0) is 54.6 Å². The van der Waals surface area contributed by atoms with E-state index in [1.165, 1.54) is 0 Å². The summed E-state index contributed by atoms with van der Waals surface area (Å²) in [4.78, 5) is 22.4. The average molecular weight is 362 g/mol. The molecular formula is C12H15IN2O3. The van der Waals surface area contributed by atoms with Crippen molar-refractivity contribution in [3.63, 3.8) is 0 Å². The molecule has 0 aliphatic rings. The summed E-state index contributed by atoms with van der Waals surface area (Å²) in [6, 6.07) is 6.92. The molecule has 5 nitrogen and oxygen atoms in total. The van der Waals surface area contributed by atoms with Crippen LogP contribution in [0.25, 0.3) is 0 Å². The highest BCUT2D eigenvalue weighted by atomic mass is 127. The molecular weight excluding hydrogens is 347 g/mol. The van der Waals surface area contributed by atoms with Crippen LogP contribution in [-0.2, 0) is 4.79 Å². The molecule has 1 aromatic carbocycles. The van der Waals surface area contributed by atoms with Gasteiger partial charge in [-0.25, -0.2) is 4.79 Å². The zero-order valence-electron chi connectivity index (χ0n) is 10.2. The Kier molecular flexibility index (Phi) is 4.94. The highest BCUT2D eigenvalue weighted by Gasteiger charge is 2.27. The molecule has 1 rings (SSSR count). The average Bonchev–Trinajstić information content (AvgIpc) is 2.26. The molecule has 0 bridgehead atoms. The lowest BCUT2D eigenvalue weighted by molar-refractivity contribution is -0.146. The van der Waals surface area contributed by atoms with E-state index in [1.54, 1.807) is 19.9 Å². The number of amides is 2. The molecule has 0 saturated heterocycles. The molecule has 1 aromatic rings. The van der Waals surface area contributed by atoms with Crippen LogP contribution in [0.2, 0.25) is 0 Å². The molecule has 0 unspecified atom stereocenters. The zero-order chi connectivity index (χ0) is 13.8. The van der Waals surface area contributed by atoms with Crippen LogP contribution in [0, 0.1) is 8.99 Å². The van der Waals surface area contributed by atoms with Gasteiger partial charge in [-0.1, -0.05) is 6.07 Å². The minimum Gasteiger partial charge on any atom is -0.481 e. The highest BCUT2D eigenvalue weighted by molar-refractivity contribution is 14.1. The van der Waals surface area contributed by atoms with E-state index in [1.807, 2.05) is 18.2 Å². The summed E-state index contributed by atoms with van der Waals surface area (Å²) in [5.41, 5.74) is -0.310. The summed E-state index contributed by atoms with van der Waals surface area (Å²) in [7, 11) is 0. The SMILES string of the molecule is CC(C)(CNC(=O)Nc1cccc(I)c1)C(=O)O. The normalized spacial score (nSPS) is 10.8. The van der Waals surface area contributed by atoms with E-state index in [4.69, 9.17) is 5.11 Å². The molecule has 0 atom stereocenters. The van der Waals surface area contributed by atoms with Crippen LogP contribution in [0.5, 0.6) is 0 Å². The third-order valence-electron chi connectivity index (χ3n) is 2.35. The van der Waals surface area contributed by atoms with Gasteiger partial charge in [0.25, 0.3) is 0 Å². The van der Waals surface area contributed by atoms with Gasteiger partial charge in [0.15, 0.2) is 0 Å². The second-order valence-corrected chi connectivity index (χ2v) is 5.75. The van der Waals surface area contributed by atoms with Gasteiger partial charge in [0, 0.05) is 15.8 Å². The summed E-state index contributed by atoms with van der Waals surface area (Å²) in [5, 5.41) is 14.1. The lowest BCUT2D eigenvalue weighted by Gasteiger charge is -2.19. The standard InChI is InChI=1S/C12H15IN2O3/c1-12(2,10(16)17)7-14-11(18)15-9-5-3-4-8(13)6-9/h3-6H,7H2,1-2H3,(H,16,17)(H2,14,15,18). The molecule has 0 radical (unpaired) electrons. The lowest BCUT2D eigenvalue weighted by atomic mass is 9.94. The van der Waals surface area contributed by atoms with E-state index in [0.29, 0.717) is 5.69 Å². The van der Waals surface area contributed by atoms with Gasteiger partial charge >= 0.3 is 12.0 Å². The van der Waals surface area contributed by atoms with Crippen molar-refractivity contribution in [1.29, 1.82) is 0 Å². The van der Waals surface area contributed by atoms with Crippen molar-refractivity contribution < 1.29 is 14.7 Å². The number of carbonyl (C=O) groups excluding carboxylic acids is 1. The number of urea groups is 1. The minimum absolute atomic E-state index is 0.0676. The Labute approximate surface area is 119 Å². The molecule has 0 saturated carbocycles. The first-order chi connectivity index (χ1) is 8.31. The number of aliphatic carboxylic acids is 1. The number of hydrogen-bond acceptors (Lipinski definition) is 2. The van der Waals surface area contributed by atoms with Crippen molar-refractivity contribution in [2.45, 2.75) is 13.8 Å². The Morgan fingerprint density at radius 3 is 2.61 bits per heavy atom. The minimum atomic E-state index is -0.984. The van der Waals surface area contributed by atoms with Gasteiger partial charge < -0.3 is 15.7 Å². The first-order valence-corrected chi connectivity index (χ1v) is 6.43. The maximum Gasteiger partial charge on any atom is 0.319 e. The Morgan fingerprint density at radius 1 is 1.39 bits per heavy atom. The monoisotopic (exact) mass is 362 g/mol. The molecule has 0 aliphatic heterocycles. The molecule has 0 fully saturated rings. The van der Waals surface area contributed by atoms with E-state index in [2.05, 4.69) is 33.2 Å². The Bertz CT molecular complexity index is 460. The van der Waals surface area contributed by atoms with Gasteiger partial charge in [-0.2, -0.15) is 0 Å². The summed E-state index contributed by atoms with van der Waals surface area (Å²) >= 11 is 2.15. The maximum absolute atomic E-state index is 11.6. The van der Waals surface area contributed by atoms with Gasteiger partial charge in [0.1, 0.15) is 0 Å². The summed E-state index contributed by atoms with van der Waals surface area (Å²) in [5.74, 6) is -0.947. The third kappa shape index (κ3) is 4.52. The molecule has 0 spiro atoms. The molecule has 98 valence electrons. The van der Waals surface area contributed by atoms with E-state index >= 15 is 0 Å². The Hall–Kier alpha value is -1.31. The van der Waals surface area contributed by atoms with Gasteiger partial charge in [0.2, 0.25) is 0 Å². The fraction of sp³-hybridized carbons (Fsp3) is 0.333. The van der Waals surface area contributed by atoms with Crippen LogP contribution in [-0.4, -0.2) is 23.7 Å². The van der Waals surface area contributed by atoms with Crippen molar-refractivity contribution in [3.05, 3.63) is 27.8 Å². The van der Waals surface area contributed by atoms with Crippen LogP contribution in [0.15, 0.2) is 24.3 Å². The predicted octanol–water partition coefficient (Wildman–Crippen LogP) is 2.52. The van der Waals surface area contributed by atoms with Crippen LogP contribution in [0.4, 0.5) is 10.5 Å². The Balaban J connectivity index is 2.50. The predicted molar refractivity (Wildman–Crippen MR) is 77.6 cm³/mol. The molecule has 0 aromatic heterocycles. The molecule has 6 heteroatoms. The number of benzene rings is 1. The highest BCUT2D eigenvalue weighted by Crippen LogP contribution is 2.14. The topological polar surface area (TPSA) is 78.4 Å². The van der Waals surface area contributed by atoms with E-state index < -0.39 is 17.4 Å². The zero-order valence-corrected chi connectivity index (χ0v) is 12.3. The van der Waals surface area contributed by atoms with Gasteiger partial charge in [-0.3, -0.25) is 4.79 Å². The smallest absolute Gasteiger partial charge is 0.319 e. The number of carbonyl (C=O) groups is 2. The molecule has 18 heavy (non-hydrogen) atoms. The maximum atomic E-state index is 11.6. The van der Waals surface area contributed by atoms with E-state index in [0.717, 1.165) is 3.57 Å². The quantitative estimate of drug-likeness (QED) is 0.721. The molecule has 0 aliphatic carbocycles. The number of anilines is 1. The molecule has 3 N–H and O–H groups in total. The number of carboxylic acids is 1. The second kappa shape index (κ2) is 6.03. The van der Waals surface area contributed by atoms with Crippen LogP contribution < -0.4 is 10.6 Å². The first-order valence-electron chi connectivity index (χ1n) is 5.35. The van der Waals surface area contributed by atoms with Gasteiger partial charge in [0.05, 0.1) is 5.41 Å². The molecule has 0 heterocycles. The fourth-order valence-electron chi connectivity index (χ4n) is 1.12. The first kappa shape index (κ1) is 14.7. The third-order valence-corrected chi connectivity index (χ3v) is 3.02. The Morgan fingerprint density at radius 2 is 2.06 bits per heavy atom. The summed E-state index contributed by atoms with van der Waals surface area (Å²) in [6.07, 6.45) is 0.